The van der Waals surface area contributed by atoms with Gasteiger partial charge in [-0.05, 0) is 18.2 Å². The summed E-state index contributed by atoms with van der Waals surface area (Å²) in [4.78, 5) is 38.7. The van der Waals surface area contributed by atoms with E-state index in [1.54, 1.807) is 20.1 Å². The van der Waals surface area contributed by atoms with E-state index < -0.39 is 5.91 Å². The lowest BCUT2D eigenvalue weighted by Crippen LogP contribution is -2.41. The van der Waals surface area contributed by atoms with Gasteiger partial charge in [0.2, 0.25) is 17.7 Å². The third kappa shape index (κ3) is 4.92. The van der Waals surface area contributed by atoms with Crippen molar-refractivity contribution in [1.29, 1.82) is 0 Å². The number of benzene rings is 1. The van der Waals surface area contributed by atoms with Gasteiger partial charge in [-0.2, -0.15) is 0 Å². The van der Waals surface area contributed by atoms with Gasteiger partial charge in [0.15, 0.2) is 5.13 Å². The number of aromatic nitrogens is 1. The number of hydrogen-bond donors (Lipinski definition) is 3. The molecule has 0 bridgehead atoms. The summed E-state index contributed by atoms with van der Waals surface area (Å²) < 4.78 is 6.04. The molecule has 0 fully saturated rings. The van der Waals surface area contributed by atoms with Gasteiger partial charge in [-0.15, -0.1) is 0 Å². The molecule has 0 spiro atoms. The van der Waals surface area contributed by atoms with E-state index >= 15 is 0 Å². The Bertz CT molecular complexity index is 759. The smallest absolute Gasteiger partial charge is 0.238 e. The number of rotatable bonds is 6. The minimum atomic E-state index is -0.430. The van der Waals surface area contributed by atoms with Gasteiger partial charge in [0, 0.05) is 19.3 Å². The minimum Gasteiger partial charge on any atom is -0.497 e. The molecule has 0 atom stereocenters. The molecule has 1 heterocycles. The number of methoxy groups -OCH3 is 1. The molecule has 3 amide bonds. The van der Waals surface area contributed by atoms with Crippen molar-refractivity contribution >= 4 is 44.4 Å². The summed E-state index contributed by atoms with van der Waals surface area (Å²) in [7, 11) is 1.58. The molecule has 24 heavy (non-hydrogen) atoms. The SMILES string of the molecule is CCC(=O)NNC(=O)CCC(=O)Nc1nc2ccc(OC)cc2s1. The third-order valence-corrected chi connectivity index (χ3v) is 4.02. The Kier molecular flexibility index (Phi) is 6.07. The van der Waals surface area contributed by atoms with Crippen molar-refractivity contribution < 1.29 is 19.1 Å². The zero-order valence-electron chi connectivity index (χ0n) is 13.3. The number of nitrogens with one attached hydrogen (secondary N) is 3. The van der Waals surface area contributed by atoms with E-state index in [1.807, 2.05) is 12.1 Å². The first kappa shape index (κ1) is 17.7. The highest BCUT2D eigenvalue weighted by molar-refractivity contribution is 7.22. The number of thiazole rings is 1. The van der Waals surface area contributed by atoms with Crippen molar-refractivity contribution in [3.8, 4) is 5.75 Å². The molecular formula is C15H18N4O4S. The van der Waals surface area contributed by atoms with Crippen molar-refractivity contribution in [2.75, 3.05) is 12.4 Å². The second-order valence-electron chi connectivity index (χ2n) is 4.85. The fourth-order valence-electron chi connectivity index (χ4n) is 1.78. The van der Waals surface area contributed by atoms with Gasteiger partial charge >= 0.3 is 0 Å². The zero-order valence-corrected chi connectivity index (χ0v) is 14.2. The van der Waals surface area contributed by atoms with E-state index in [-0.39, 0.29) is 31.1 Å². The van der Waals surface area contributed by atoms with E-state index in [9.17, 15) is 14.4 Å². The van der Waals surface area contributed by atoms with Crippen LogP contribution >= 0.6 is 11.3 Å². The molecule has 0 unspecified atom stereocenters. The van der Waals surface area contributed by atoms with Crippen LogP contribution < -0.4 is 20.9 Å². The Morgan fingerprint density at radius 3 is 2.54 bits per heavy atom. The molecule has 128 valence electrons. The van der Waals surface area contributed by atoms with E-state index in [2.05, 4.69) is 21.2 Å². The van der Waals surface area contributed by atoms with Gasteiger partial charge in [-0.1, -0.05) is 18.3 Å². The fourth-order valence-corrected chi connectivity index (χ4v) is 2.70. The number of ether oxygens (including phenoxy) is 1. The Morgan fingerprint density at radius 2 is 1.83 bits per heavy atom. The molecule has 3 N–H and O–H groups in total. The second kappa shape index (κ2) is 8.25. The largest absolute Gasteiger partial charge is 0.497 e. The molecule has 0 aliphatic carbocycles. The van der Waals surface area contributed by atoms with Gasteiger partial charge in [-0.25, -0.2) is 4.98 Å². The highest BCUT2D eigenvalue weighted by Crippen LogP contribution is 2.29. The van der Waals surface area contributed by atoms with E-state index in [1.165, 1.54) is 11.3 Å². The van der Waals surface area contributed by atoms with Crippen LogP contribution in [-0.4, -0.2) is 29.8 Å². The van der Waals surface area contributed by atoms with Crippen LogP contribution in [0.2, 0.25) is 0 Å². The molecule has 2 rings (SSSR count). The highest BCUT2D eigenvalue weighted by atomic mass is 32.1. The zero-order chi connectivity index (χ0) is 17.5. The summed E-state index contributed by atoms with van der Waals surface area (Å²) in [5.41, 5.74) is 5.24. The standard InChI is InChI=1S/C15H18N4O4S/c1-3-12(20)18-19-14(22)7-6-13(21)17-15-16-10-5-4-9(23-2)8-11(10)24-15/h4-5,8H,3,6-7H2,1-2H3,(H,18,20)(H,19,22)(H,16,17,21). The Labute approximate surface area is 142 Å². The average molecular weight is 350 g/mol. The highest BCUT2D eigenvalue weighted by Gasteiger charge is 2.11. The summed E-state index contributed by atoms with van der Waals surface area (Å²) in [6.07, 6.45) is 0.227. The first-order valence-corrected chi connectivity index (χ1v) is 8.15. The Balaban J connectivity index is 1.84. The number of amides is 3. The maximum absolute atomic E-state index is 11.9. The predicted octanol–water partition coefficient (Wildman–Crippen LogP) is 1.58. The van der Waals surface area contributed by atoms with Crippen LogP contribution in [0.1, 0.15) is 26.2 Å². The molecule has 0 radical (unpaired) electrons. The van der Waals surface area contributed by atoms with Crippen LogP contribution in [0.5, 0.6) is 5.75 Å². The maximum atomic E-state index is 11.9. The summed E-state index contributed by atoms with van der Waals surface area (Å²) >= 11 is 1.33. The van der Waals surface area contributed by atoms with Crippen molar-refractivity contribution in [2.24, 2.45) is 0 Å². The predicted molar refractivity (Wildman–Crippen MR) is 90.6 cm³/mol. The summed E-state index contributed by atoms with van der Waals surface area (Å²) in [5, 5.41) is 3.12. The molecule has 0 aliphatic heterocycles. The molecule has 0 saturated heterocycles. The minimum absolute atomic E-state index is 0.00687. The quantitative estimate of drug-likeness (QED) is 0.685. The second-order valence-corrected chi connectivity index (χ2v) is 5.88. The molecule has 0 aliphatic rings. The molecule has 2 aromatic rings. The summed E-state index contributed by atoms with van der Waals surface area (Å²) in [5.74, 6) is -0.327. The topological polar surface area (TPSA) is 109 Å². The van der Waals surface area contributed by atoms with E-state index in [0.717, 1.165) is 16.0 Å². The molecular weight excluding hydrogens is 332 g/mol. The van der Waals surface area contributed by atoms with Crippen LogP contribution in [0.3, 0.4) is 0 Å². The van der Waals surface area contributed by atoms with Gasteiger partial charge < -0.3 is 10.1 Å². The number of anilines is 1. The Morgan fingerprint density at radius 1 is 1.12 bits per heavy atom. The number of carbonyl (C=O) groups is 3. The number of fused-ring (bicyclic) bond motifs is 1. The van der Waals surface area contributed by atoms with Gasteiger partial charge in [-0.3, -0.25) is 25.2 Å². The maximum Gasteiger partial charge on any atom is 0.238 e. The van der Waals surface area contributed by atoms with Gasteiger partial charge in [0.1, 0.15) is 5.75 Å². The van der Waals surface area contributed by atoms with Gasteiger partial charge in [0.25, 0.3) is 0 Å². The molecule has 1 aromatic heterocycles. The van der Waals surface area contributed by atoms with Crippen molar-refractivity contribution in [1.82, 2.24) is 15.8 Å². The number of hydrazine groups is 1. The summed E-state index contributed by atoms with van der Waals surface area (Å²) in [6.45, 7) is 1.67. The molecule has 9 heteroatoms. The number of carbonyl (C=O) groups excluding carboxylic acids is 3. The van der Waals surface area contributed by atoms with Crippen molar-refractivity contribution in [3.05, 3.63) is 18.2 Å². The lowest BCUT2D eigenvalue weighted by molar-refractivity contribution is -0.129. The normalized spacial score (nSPS) is 10.2. The fraction of sp³-hybridized carbons (Fsp3) is 0.333. The first-order valence-electron chi connectivity index (χ1n) is 7.34. The van der Waals surface area contributed by atoms with Crippen molar-refractivity contribution in [2.45, 2.75) is 26.2 Å². The van der Waals surface area contributed by atoms with Crippen molar-refractivity contribution in [3.63, 3.8) is 0 Å². The number of hydrogen-bond acceptors (Lipinski definition) is 6. The van der Waals surface area contributed by atoms with Crippen LogP contribution in [-0.2, 0) is 14.4 Å². The third-order valence-electron chi connectivity index (χ3n) is 3.08. The van der Waals surface area contributed by atoms with E-state index in [4.69, 9.17) is 4.74 Å². The van der Waals surface area contributed by atoms with Crippen LogP contribution in [0.25, 0.3) is 10.2 Å². The van der Waals surface area contributed by atoms with E-state index in [0.29, 0.717) is 5.13 Å². The molecule has 0 saturated carbocycles. The van der Waals surface area contributed by atoms with Crippen LogP contribution in [0.4, 0.5) is 5.13 Å². The molecule has 8 nitrogen and oxygen atoms in total. The first-order chi connectivity index (χ1) is 11.5. The molecule has 1 aromatic carbocycles. The van der Waals surface area contributed by atoms with Crippen LogP contribution in [0, 0.1) is 0 Å². The lowest BCUT2D eigenvalue weighted by atomic mass is 10.3. The lowest BCUT2D eigenvalue weighted by Gasteiger charge is -2.05. The van der Waals surface area contributed by atoms with Crippen LogP contribution in [0.15, 0.2) is 18.2 Å². The summed E-state index contributed by atoms with van der Waals surface area (Å²) in [6, 6.07) is 5.44. The number of nitrogens with zero attached hydrogens (tertiary/aromatic N) is 1. The Hall–Kier alpha value is -2.68. The monoisotopic (exact) mass is 350 g/mol. The average Bonchev–Trinajstić information content (AvgIpc) is 2.98. The van der Waals surface area contributed by atoms with Gasteiger partial charge in [0.05, 0.1) is 17.3 Å².